The van der Waals surface area contributed by atoms with Crippen molar-refractivity contribution in [1.29, 1.82) is 0 Å². The molecule has 0 bridgehead atoms. The van der Waals surface area contributed by atoms with Crippen molar-refractivity contribution in [3.8, 4) is 0 Å². The van der Waals surface area contributed by atoms with Gasteiger partial charge in [-0.2, -0.15) is 8.42 Å². The molecule has 0 aromatic carbocycles. The summed E-state index contributed by atoms with van der Waals surface area (Å²) in [4.78, 5) is 19.7. The fraction of sp³-hybridized carbons (Fsp3) is 0.500. The molecule has 1 unspecified atom stereocenters. The summed E-state index contributed by atoms with van der Waals surface area (Å²) >= 11 is 0. The van der Waals surface area contributed by atoms with Gasteiger partial charge in [0.15, 0.2) is 0 Å². The Kier molecular flexibility index (Phi) is 7.34. The molecular formula is C4H4BaO7S. The van der Waals surface area contributed by atoms with Crippen molar-refractivity contribution in [2.75, 3.05) is 0 Å². The standard InChI is InChI=1S/C4H6O7S.Ba/c5-3(6)1-2(4(7)8)12(9,10)11;/h2H,1H2,(H,5,6)(H,7,8)(H,9,10,11);/q;+2/p-2. The van der Waals surface area contributed by atoms with E-state index in [4.69, 9.17) is 4.55 Å². The zero-order valence-corrected chi connectivity index (χ0v) is 11.6. The Bertz CT molecular complexity index is 294. The molecule has 0 aromatic heterocycles. The van der Waals surface area contributed by atoms with Gasteiger partial charge in [0.05, 0.1) is 5.97 Å². The SMILES string of the molecule is O=C([O-])CC(C(=O)[O-])S(=O)(=O)O.[Ba+2]. The van der Waals surface area contributed by atoms with Crippen molar-refractivity contribution in [2.45, 2.75) is 11.7 Å². The molecule has 7 nitrogen and oxygen atoms in total. The van der Waals surface area contributed by atoms with Crippen LogP contribution < -0.4 is 10.2 Å². The molecule has 0 aliphatic carbocycles. The molecule has 9 heteroatoms. The number of hydrogen-bond acceptors (Lipinski definition) is 6. The molecule has 0 aromatic rings. The first-order valence-electron chi connectivity index (χ1n) is 2.62. The Hall–Kier alpha value is 0.421. The van der Waals surface area contributed by atoms with Crippen molar-refractivity contribution in [1.82, 2.24) is 0 Å². The Labute approximate surface area is 114 Å². The van der Waals surface area contributed by atoms with E-state index in [9.17, 15) is 28.2 Å². The molecule has 70 valence electrons. The van der Waals surface area contributed by atoms with Gasteiger partial charge in [-0.15, -0.1) is 0 Å². The van der Waals surface area contributed by atoms with E-state index >= 15 is 0 Å². The van der Waals surface area contributed by atoms with Crippen LogP contribution in [0, 0.1) is 0 Å². The second-order valence-corrected chi connectivity index (χ2v) is 3.50. The summed E-state index contributed by atoms with van der Waals surface area (Å²) in [6.07, 6.45) is -1.33. The number of aliphatic carboxylic acids is 2. The number of carboxylic acid groups (broad SMARTS) is 2. The van der Waals surface area contributed by atoms with Crippen molar-refractivity contribution in [3.63, 3.8) is 0 Å². The molecule has 13 heavy (non-hydrogen) atoms. The van der Waals surface area contributed by atoms with Gasteiger partial charge >= 0.3 is 48.9 Å². The molecular weight excluding hydrogens is 329 g/mol. The van der Waals surface area contributed by atoms with Gasteiger partial charge in [-0.3, -0.25) is 4.55 Å². The molecule has 1 atom stereocenters. The van der Waals surface area contributed by atoms with Crippen LogP contribution in [0.3, 0.4) is 0 Å². The van der Waals surface area contributed by atoms with Gasteiger partial charge in [0, 0.05) is 12.4 Å². The maximum absolute atomic E-state index is 10.2. The molecule has 0 radical (unpaired) electrons. The minimum Gasteiger partial charge on any atom is -0.550 e. The molecule has 0 saturated carbocycles. The molecule has 0 rings (SSSR count). The van der Waals surface area contributed by atoms with E-state index < -0.39 is 33.7 Å². The molecule has 0 aliphatic rings. The predicted octanol–water partition coefficient (Wildman–Crippen LogP) is -4.25. The predicted molar refractivity (Wildman–Crippen MR) is 35.7 cm³/mol. The molecule has 0 aliphatic heterocycles. The van der Waals surface area contributed by atoms with E-state index in [1.165, 1.54) is 0 Å². The van der Waals surface area contributed by atoms with E-state index in [0.717, 1.165) is 0 Å². The summed E-state index contributed by atoms with van der Waals surface area (Å²) in [6, 6.07) is 0. The first-order valence-corrected chi connectivity index (χ1v) is 4.12. The largest absolute Gasteiger partial charge is 2.00 e. The molecule has 0 spiro atoms. The monoisotopic (exact) mass is 334 g/mol. The minimum absolute atomic E-state index is 0. The summed E-state index contributed by atoms with van der Waals surface area (Å²) < 4.78 is 28.5. The van der Waals surface area contributed by atoms with Gasteiger partial charge in [0.25, 0.3) is 10.1 Å². The zero-order chi connectivity index (χ0) is 9.94. The number of rotatable bonds is 4. The van der Waals surface area contributed by atoms with Crippen LogP contribution in [0.25, 0.3) is 0 Å². The van der Waals surface area contributed by atoms with Crippen molar-refractivity contribution in [2.24, 2.45) is 0 Å². The Balaban J connectivity index is 0. The number of carbonyl (C=O) groups excluding carboxylic acids is 2. The van der Waals surface area contributed by atoms with Gasteiger partial charge in [0.2, 0.25) is 0 Å². The van der Waals surface area contributed by atoms with Crippen molar-refractivity contribution >= 4 is 70.9 Å². The van der Waals surface area contributed by atoms with Crippen LogP contribution in [0.4, 0.5) is 0 Å². The van der Waals surface area contributed by atoms with E-state index in [1.54, 1.807) is 0 Å². The van der Waals surface area contributed by atoms with Gasteiger partial charge in [-0.05, 0) is 0 Å². The van der Waals surface area contributed by atoms with E-state index in [1.807, 2.05) is 0 Å². The Morgan fingerprint density at radius 1 is 1.31 bits per heavy atom. The zero-order valence-electron chi connectivity index (χ0n) is 6.30. The summed E-state index contributed by atoms with van der Waals surface area (Å²) in [6.45, 7) is 0. The molecule has 0 saturated heterocycles. The minimum atomic E-state index is -4.94. The van der Waals surface area contributed by atoms with Gasteiger partial charge < -0.3 is 19.8 Å². The maximum atomic E-state index is 10.2. The van der Waals surface area contributed by atoms with Crippen LogP contribution in [0.2, 0.25) is 0 Å². The van der Waals surface area contributed by atoms with Gasteiger partial charge in [0.1, 0.15) is 5.25 Å². The topological polar surface area (TPSA) is 135 Å². The maximum Gasteiger partial charge on any atom is 2.00 e. The van der Waals surface area contributed by atoms with E-state index in [0.29, 0.717) is 0 Å². The van der Waals surface area contributed by atoms with E-state index in [-0.39, 0.29) is 48.9 Å². The normalized spacial score (nSPS) is 12.7. The Morgan fingerprint density at radius 3 is 1.77 bits per heavy atom. The summed E-state index contributed by atoms with van der Waals surface area (Å²) in [5, 5.41) is 17.3. The second kappa shape index (κ2) is 6.01. The number of hydrogen-bond donors (Lipinski definition) is 1. The van der Waals surface area contributed by atoms with Crippen LogP contribution in [0.15, 0.2) is 0 Å². The fourth-order valence-corrected chi connectivity index (χ4v) is 1.05. The van der Waals surface area contributed by atoms with Crippen LogP contribution in [-0.4, -0.2) is 79.0 Å². The molecule has 0 fully saturated rings. The summed E-state index contributed by atoms with van der Waals surface area (Å²) in [5.41, 5.74) is 0. The molecule has 1 N–H and O–H groups in total. The summed E-state index contributed by atoms with van der Waals surface area (Å²) in [5.74, 6) is -4.08. The first kappa shape index (κ1) is 15.9. The second-order valence-electron chi connectivity index (χ2n) is 1.90. The number of carbonyl (C=O) groups is 2. The molecule has 0 heterocycles. The average molecular weight is 333 g/mol. The van der Waals surface area contributed by atoms with E-state index in [2.05, 4.69) is 0 Å². The number of carboxylic acids is 2. The average Bonchev–Trinajstić information content (AvgIpc) is 1.79. The van der Waals surface area contributed by atoms with Crippen LogP contribution in [0.5, 0.6) is 0 Å². The van der Waals surface area contributed by atoms with Gasteiger partial charge in [-0.1, -0.05) is 0 Å². The Morgan fingerprint density at radius 2 is 1.69 bits per heavy atom. The molecule has 0 amide bonds. The van der Waals surface area contributed by atoms with Crippen molar-refractivity contribution < 1.29 is 32.8 Å². The third kappa shape index (κ3) is 6.49. The van der Waals surface area contributed by atoms with Crippen LogP contribution in [-0.2, 0) is 19.7 Å². The third-order valence-corrected chi connectivity index (χ3v) is 2.05. The van der Waals surface area contributed by atoms with Crippen LogP contribution in [0.1, 0.15) is 6.42 Å². The quantitative estimate of drug-likeness (QED) is 0.406. The smallest absolute Gasteiger partial charge is 0.550 e. The summed E-state index contributed by atoms with van der Waals surface area (Å²) in [7, 11) is -4.94. The van der Waals surface area contributed by atoms with Crippen molar-refractivity contribution in [3.05, 3.63) is 0 Å². The fourth-order valence-electron chi connectivity index (χ4n) is 0.462. The first-order chi connectivity index (χ1) is 5.25. The van der Waals surface area contributed by atoms with Crippen LogP contribution >= 0.6 is 0 Å². The van der Waals surface area contributed by atoms with Gasteiger partial charge in [-0.25, -0.2) is 0 Å². The third-order valence-electron chi connectivity index (χ3n) is 0.975.